The first-order valence-corrected chi connectivity index (χ1v) is 5.84. The highest BCUT2D eigenvalue weighted by Crippen LogP contribution is 2.25. The molecular weight excluding hydrogens is 200 g/mol. The van der Waals surface area contributed by atoms with Gasteiger partial charge in [0.1, 0.15) is 0 Å². The number of carbonyl (C=O) groups is 1. The SMILES string of the molecule is CC(=O)Nc1cccc([C@H]2CCCNC2)c1. The average molecular weight is 218 g/mol. The Kier molecular flexibility index (Phi) is 3.57. The fourth-order valence-electron chi connectivity index (χ4n) is 2.21. The molecule has 3 heteroatoms. The van der Waals surface area contributed by atoms with Crippen LogP contribution in [0.5, 0.6) is 0 Å². The molecule has 1 amide bonds. The molecule has 1 atom stereocenters. The molecule has 1 aliphatic heterocycles. The highest BCUT2D eigenvalue weighted by molar-refractivity contribution is 5.88. The van der Waals surface area contributed by atoms with E-state index in [1.165, 1.54) is 25.3 Å². The summed E-state index contributed by atoms with van der Waals surface area (Å²) < 4.78 is 0. The van der Waals surface area contributed by atoms with Gasteiger partial charge >= 0.3 is 0 Å². The summed E-state index contributed by atoms with van der Waals surface area (Å²) in [7, 11) is 0. The molecule has 0 aliphatic carbocycles. The molecule has 0 saturated carbocycles. The molecule has 1 aromatic rings. The van der Waals surface area contributed by atoms with Crippen LogP contribution in [0.4, 0.5) is 5.69 Å². The molecule has 1 aliphatic rings. The summed E-state index contributed by atoms with van der Waals surface area (Å²) in [6, 6.07) is 8.17. The van der Waals surface area contributed by atoms with E-state index in [9.17, 15) is 4.79 Å². The lowest BCUT2D eigenvalue weighted by atomic mass is 9.91. The van der Waals surface area contributed by atoms with Gasteiger partial charge in [-0.2, -0.15) is 0 Å². The fourth-order valence-corrected chi connectivity index (χ4v) is 2.21. The summed E-state index contributed by atoms with van der Waals surface area (Å²) in [5.74, 6) is 0.571. The zero-order valence-corrected chi connectivity index (χ0v) is 9.62. The van der Waals surface area contributed by atoms with Crippen LogP contribution in [0.2, 0.25) is 0 Å². The highest BCUT2D eigenvalue weighted by Gasteiger charge is 2.15. The van der Waals surface area contributed by atoms with Gasteiger partial charge in [0.25, 0.3) is 0 Å². The van der Waals surface area contributed by atoms with Crippen molar-refractivity contribution in [1.82, 2.24) is 5.32 Å². The van der Waals surface area contributed by atoms with Crippen LogP contribution in [0.15, 0.2) is 24.3 Å². The molecule has 0 unspecified atom stereocenters. The summed E-state index contributed by atoms with van der Waals surface area (Å²) in [5, 5.41) is 6.23. The molecule has 2 rings (SSSR count). The predicted octanol–water partition coefficient (Wildman–Crippen LogP) is 2.11. The molecule has 1 saturated heterocycles. The maximum atomic E-state index is 11.0. The van der Waals surface area contributed by atoms with Crippen molar-refractivity contribution in [3.63, 3.8) is 0 Å². The Labute approximate surface area is 96.2 Å². The van der Waals surface area contributed by atoms with Gasteiger partial charge in [0.15, 0.2) is 0 Å². The van der Waals surface area contributed by atoms with Crippen LogP contribution in [0, 0.1) is 0 Å². The number of hydrogen-bond donors (Lipinski definition) is 2. The molecule has 0 radical (unpaired) electrons. The van der Waals surface area contributed by atoms with Gasteiger partial charge in [-0.1, -0.05) is 12.1 Å². The molecule has 1 fully saturated rings. The molecule has 1 heterocycles. The van der Waals surface area contributed by atoms with Crippen LogP contribution in [0.3, 0.4) is 0 Å². The van der Waals surface area contributed by atoms with Crippen LogP contribution in [-0.2, 0) is 4.79 Å². The number of hydrogen-bond acceptors (Lipinski definition) is 2. The van der Waals surface area contributed by atoms with Gasteiger partial charge in [0.05, 0.1) is 0 Å². The normalized spacial score (nSPS) is 20.4. The number of carbonyl (C=O) groups excluding carboxylic acids is 1. The van der Waals surface area contributed by atoms with Crippen LogP contribution in [0.1, 0.15) is 31.2 Å². The lowest BCUT2D eigenvalue weighted by Gasteiger charge is -2.23. The van der Waals surface area contributed by atoms with Crippen molar-refractivity contribution in [1.29, 1.82) is 0 Å². The third-order valence-electron chi connectivity index (χ3n) is 2.98. The number of rotatable bonds is 2. The van der Waals surface area contributed by atoms with E-state index in [2.05, 4.69) is 22.8 Å². The second kappa shape index (κ2) is 5.12. The highest BCUT2D eigenvalue weighted by atomic mass is 16.1. The number of amides is 1. The van der Waals surface area contributed by atoms with E-state index >= 15 is 0 Å². The van der Waals surface area contributed by atoms with Gasteiger partial charge in [-0.05, 0) is 43.0 Å². The van der Waals surface area contributed by atoms with Crippen molar-refractivity contribution < 1.29 is 4.79 Å². The molecule has 0 spiro atoms. The topological polar surface area (TPSA) is 41.1 Å². The first kappa shape index (κ1) is 11.1. The Morgan fingerprint density at radius 2 is 2.38 bits per heavy atom. The summed E-state index contributed by atoms with van der Waals surface area (Å²) >= 11 is 0. The van der Waals surface area contributed by atoms with E-state index in [4.69, 9.17) is 0 Å². The van der Waals surface area contributed by atoms with Crippen LogP contribution < -0.4 is 10.6 Å². The minimum atomic E-state index is -0.0149. The minimum Gasteiger partial charge on any atom is -0.326 e. The summed E-state index contributed by atoms with van der Waals surface area (Å²) in [5.41, 5.74) is 2.22. The third kappa shape index (κ3) is 2.83. The average Bonchev–Trinajstić information content (AvgIpc) is 2.30. The Hall–Kier alpha value is -1.35. The van der Waals surface area contributed by atoms with Gasteiger partial charge in [-0.25, -0.2) is 0 Å². The summed E-state index contributed by atoms with van der Waals surface area (Å²) in [6.07, 6.45) is 2.46. The van der Waals surface area contributed by atoms with E-state index in [1.54, 1.807) is 0 Å². The summed E-state index contributed by atoms with van der Waals surface area (Å²) in [4.78, 5) is 11.0. The Balaban J connectivity index is 2.11. The summed E-state index contributed by atoms with van der Waals surface area (Å²) in [6.45, 7) is 3.71. The van der Waals surface area contributed by atoms with E-state index < -0.39 is 0 Å². The van der Waals surface area contributed by atoms with Gasteiger partial charge in [0, 0.05) is 19.2 Å². The smallest absolute Gasteiger partial charge is 0.221 e. The molecule has 3 nitrogen and oxygen atoms in total. The van der Waals surface area contributed by atoms with Gasteiger partial charge < -0.3 is 10.6 Å². The van der Waals surface area contributed by atoms with E-state index in [0.717, 1.165) is 18.8 Å². The van der Waals surface area contributed by atoms with Crippen molar-refractivity contribution in [2.24, 2.45) is 0 Å². The third-order valence-corrected chi connectivity index (χ3v) is 2.98. The van der Waals surface area contributed by atoms with Gasteiger partial charge in [-0.15, -0.1) is 0 Å². The fraction of sp³-hybridized carbons (Fsp3) is 0.462. The first-order valence-electron chi connectivity index (χ1n) is 5.84. The molecule has 86 valence electrons. The van der Waals surface area contributed by atoms with E-state index in [-0.39, 0.29) is 5.91 Å². The largest absolute Gasteiger partial charge is 0.326 e. The van der Waals surface area contributed by atoms with Crippen molar-refractivity contribution in [2.45, 2.75) is 25.7 Å². The van der Waals surface area contributed by atoms with Crippen LogP contribution >= 0.6 is 0 Å². The maximum absolute atomic E-state index is 11.0. The Morgan fingerprint density at radius 1 is 1.50 bits per heavy atom. The lowest BCUT2D eigenvalue weighted by Crippen LogP contribution is -2.28. The molecular formula is C13H18N2O. The van der Waals surface area contributed by atoms with Gasteiger partial charge in [-0.3, -0.25) is 4.79 Å². The second-order valence-corrected chi connectivity index (χ2v) is 4.35. The van der Waals surface area contributed by atoms with Crippen LogP contribution in [0.25, 0.3) is 0 Å². The maximum Gasteiger partial charge on any atom is 0.221 e. The predicted molar refractivity (Wildman–Crippen MR) is 65.6 cm³/mol. The van der Waals surface area contributed by atoms with Crippen molar-refractivity contribution >= 4 is 11.6 Å². The lowest BCUT2D eigenvalue weighted by molar-refractivity contribution is -0.114. The second-order valence-electron chi connectivity index (χ2n) is 4.35. The van der Waals surface area contributed by atoms with Crippen LogP contribution in [-0.4, -0.2) is 19.0 Å². The number of nitrogens with one attached hydrogen (secondary N) is 2. The monoisotopic (exact) mass is 218 g/mol. The first-order chi connectivity index (χ1) is 7.75. The van der Waals surface area contributed by atoms with Crippen molar-refractivity contribution in [3.8, 4) is 0 Å². The zero-order chi connectivity index (χ0) is 11.4. The van der Waals surface area contributed by atoms with E-state index in [0.29, 0.717) is 5.92 Å². The standard InChI is InChI=1S/C13H18N2O/c1-10(16)15-13-6-2-4-11(8-13)12-5-3-7-14-9-12/h2,4,6,8,12,14H,3,5,7,9H2,1H3,(H,15,16)/t12-/m0/s1. The minimum absolute atomic E-state index is 0.0149. The molecule has 1 aromatic carbocycles. The van der Waals surface area contributed by atoms with Crippen molar-refractivity contribution in [3.05, 3.63) is 29.8 Å². The number of piperidine rings is 1. The zero-order valence-electron chi connectivity index (χ0n) is 9.62. The van der Waals surface area contributed by atoms with Gasteiger partial charge in [0.2, 0.25) is 5.91 Å². The number of benzene rings is 1. The Morgan fingerprint density at radius 3 is 3.06 bits per heavy atom. The van der Waals surface area contributed by atoms with Crippen molar-refractivity contribution in [2.75, 3.05) is 18.4 Å². The molecule has 2 N–H and O–H groups in total. The Bertz CT molecular complexity index is 370. The number of anilines is 1. The molecule has 0 aromatic heterocycles. The quantitative estimate of drug-likeness (QED) is 0.798. The molecule has 16 heavy (non-hydrogen) atoms. The molecule has 0 bridgehead atoms. The van der Waals surface area contributed by atoms with E-state index in [1.807, 2.05) is 12.1 Å².